The van der Waals surface area contributed by atoms with Gasteiger partial charge in [-0.2, -0.15) is 18.3 Å². The van der Waals surface area contributed by atoms with E-state index < -0.39 is 12.7 Å². The lowest BCUT2D eigenvalue weighted by atomic mass is 9.83. The number of hydrogen-bond acceptors (Lipinski definition) is 3. The lowest BCUT2D eigenvalue weighted by Crippen LogP contribution is -2.42. The summed E-state index contributed by atoms with van der Waals surface area (Å²) in [5, 5.41) is 7.10. The van der Waals surface area contributed by atoms with Gasteiger partial charge in [0.25, 0.3) is 0 Å². The summed E-state index contributed by atoms with van der Waals surface area (Å²) in [6.45, 7) is 4.97. The molecule has 0 saturated heterocycles. The van der Waals surface area contributed by atoms with Crippen LogP contribution < -0.4 is 0 Å². The van der Waals surface area contributed by atoms with E-state index >= 15 is 0 Å². The predicted molar refractivity (Wildman–Crippen MR) is 74.0 cm³/mol. The maximum atomic E-state index is 12.6. The van der Waals surface area contributed by atoms with Gasteiger partial charge in [0.1, 0.15) is 12.4 Å². The SMILES string of the molecule is CC1(C)CN(Cc2nccn2CC(F)(F)F)Cc2cn[nH]c21. The highest BCUT2D eigenvalue weighted by atomic mass is 19.4. The second-order valence-corrected chi connectivity index (χ2v) is 6.39. The third-order valence-electron chi connectivity index (χ3n) is 3.92. The first-order chi connectivity index (χ1) is 10.2. The van der Waals surface area contributed by atoms with E-state index in [4.69, 9.17) is 0 Å². The Kier molecular flexibility index (Phi) is 3.51. The Morgan fingerprint density at radius 2 is 2.14 bits per heavy atom. The molecule has 8 heteroatoms. The first-order valence-corrected chi connectivity index (χ1v) is 7.06. The van der Waals surface area contributed by atoms with Crippen LogP contribution in [0.15, 0.2) is 18.6 Å². The molecule has 22 heavy (non-hydrogen) atoms. The second-order valence-electron chi connectivity index (χ2n) is 6.39. The Labute approximate surface area is 126 Å². The molecule has 5 nitrogen and oxygen atoms in total. The number of alkyl halides is 3. The zero-order valence-corrected chi connectivity index (χ0v) is 12.5. The minimum absolute atomic E-state index is 0.120. The molecule has 0 aliphatic carbocycles. The van der Waals surface area contributed by atoms with Gasteiger partial charge in [-0.3, -0.25) is 10.00 Å². The van der Waals surface area contributed by atoms with Gasteiger partial charge in [-0.1, -0.05) is 13.8 Å². The molecule has 3 heterocycles. The molecule has 0 spiro atoms. The van der Waals surface area contributed by atoms with Crippen LogP contribution in [0.5, 0.6) is 0 Å². The molecule has 0 amide bonds. The summed E-state index contributed by atoms with van der Waals surface area (Å²) in [6, 6.07) is 0. The molecule has 0 unspecified atom stereocenters. The molecule has 0 atom stereocenters. The molecule has 2 aromatic heterocycles. The monoisotopic (exact) mass is 313 g/mol. The number of hydrogen-bond donors (Lipinski definition) is 1. The highest BCUT2D eigenvalue weighted by molar-refractivity contribution is 5.27. The van der Waals surface area contributed by atoms with Crippen LogP contribution in [0, 0.1) is 0 Å². The van der Waals surface area contributed by atoms with Crippen molar-refractivity contribution in [1.82, 2.24) is 24.6 Å². The number of halogens is 3. The molecule has 120 valence electrons. The molecule has 1 aliphatic rings. The maximum Gasteiger partial charge on any atom is 0.406 e. The molecular weight excluding hydrogens is 295 g/mol. The fourth-order valence-corrected chi connectivity index (χ4v) is 3.09. The molecule has 0 aromatic carbocycles. The molecular formula is C14H18F3N5. The largest absolute Gasteiger partial charge is 0.406 e. The third kappa shape index (κ3) is 3.01. The molecule has 0 fully saturated rings. The Hall–Kier alpha value is -1.83. The number of H-pyrrole nitrogens is 1. The fraction of sp³-hybridized carbons (Fsp3) is 0.571. The lowest BCUT2D eigenvalue weighted by Gasteiger charge is -2.37. The van der Waals surface area contributed by atoms with E-state index in [0.29, 0.717) is 18.9 Å². The number of nitrogens with one attached hydrogen (secondary N) is 1. The summed E-state index contributed by atoms with van der Waals surface area (Å²) < 4.78 is 38.9. The Bertz CT molecular complexity index is 655. The van der Waals surface area contributed by atoms with Gasteiger partial charge in [0.05, 0.1) is 12.7 Å². The van der Waals surface area contributed by atoms with Gasteiger partial charge in [-0.05, 0) is 0 Å². The number of rotatable bonds is 3. The minimum atomic E-state index is -4.24. The fourth-order valence-electron chi connectivity index (χ4n) is 3.09. The van der Waals surface area contributed by atoms with Crippen molar-refractivity contribution in [1.29, 1.82) is 0 Å². The molecule has 1 N–H and O–H groups in total. The number of imidazole rings is 1. The third-order valence-corrected chi connectivity index (χ3v) is 3.92. The van der Waals surface area contributed by atoms with E-state index in [1.165, 1.54) is 12.4 Å². The highest BCUT2D eigenvalue weighted by Crippen LogP contribution is 2.32. The van der Waals surface area contributed by atoms with Gasteiger partial charge in [0.2, 0.25) is 0 Å². The van der Waals surface area contributed by atoms with Gasteiger partial charge in [0.15, 0.2) is 0 Å². The first kappa shape index (κ1) is 15.1. The van der Waals surface area contributed by atoms with Crippen LogP contribution in [0.25, 0.3) is 0 Å². The number of nitrogens with zero attached hydrogens (tertiary/aromatic N) is 4. The van der Waals surface area contributed by atoms with Gasteiger partial charge in [0, 0.05) is 42.2 Å². The Balaban J connectivity index is 1.77. The van der Waals surface area contributed by atoms with E-state index in [2.05, 4.69) is 33.9 Å². The van der Waals surface area contributed by atoms with Gasteiger partial charge in [-0.15, -0.1) is 0 Å². The zero-order valence-electron chi connectivity index (χ0n) is 12.5. The van der Waals surface area contributed by atoms with Crippen molar-refractivity contribution < 1.29 is 13.2 Å². The highest BCUT2D eigenvalue weighted by Gasteiger charge is 2.34. The lowest BCUT2D eigenvalue weighted by molar-refractivity contribution is -0.141. The average Bonchev–Trinajstić information content (AvgIpc) is 2.97. The average molecular weight is 313 g/mol. The minimum Gasteiger partial charge on any atom is -0.325 e. The van der Waals surface area contributed by atoms with E-state index in [0.717, 1.165) is 22.4 Å². The van der Waals surface area contributed by atoms with Crippen LogP contribution in [0.3, 0.4) is 0 Å². The van der Waals surface area contributed by atoms with Gasteiger partial charge in [-0.25, -0.2) is 4.98 Å². The van der Waals surface area contributed by atoms with Crippen LogP contribution >= 0.6 is 0 Å². The van der Waals surface area contributed by atoms with Crippen LogP contribution in [0.2, 0.25) is 0 Å². The predicted octanol–water partition coefficient (Wildman–Crippen LogP) is 2.46. The first-order valence-electron chi connectivity index (χ1n) is 7.06. The summed E-state index contributed by atoms with van der Waals surface area (Å²) in [4.78, 5) is 6.19. The van der Waals surface area contributed by atoms with E-state index in [1.54, 1.807) is 6.20 Å². The maximum absolute atomic E-state index is 12.6. The topological polar surface area (TPSA) is 49.7 Å². The Morgan fingerprint density at radius 3 is 2.86 bits per heavy atom. The van der Waals surface area contributed by atoms with Crippen LogP contribution in [-0.4, -0.2) is 37.4 Å². The normalized spacial score (nSPS) is 18.4. The van der Waals surface area contributed by atoms with Crippen molar-refractivity contribution in [3.05, 3.63) is 35.7 Å². The van der Waals surface area contributed by atoms with Gasteiger partial charge < -0.3 is 4.57 Å². The molecule has 0 radical (unpaired) electrons. The Morgan fingerprint density at radius 1 is 1.36 bits per heavy atom. The summed E-state index contributed by atoms with van der Waals surface area (Å²) in [6.07, 6.45) is 0.334. The van der Waals surface area contributed by atoms with E-state index in [1.807, 2.05) is 0 Å². The standard InChI is InChI=1S/C14H18F3N5/c1-13(2)8-21(6-10-5-19-20-12(10)13)7-11-18-3-4-22(11)9-14(15,16)17/h3-5H,6-9H2,1-2H3,(H,19,20). The van der Waals surface area contributed by atoms with Gasteiger partial charge >= 0.3 is 6.18 Å². The van der Waals surface area contributed by atoms with Crippen molar-refractivity contribution >= 4 is 0 Å². The number of aromatic nitrogens is 4. The van der Waals surface area contributed by atoms with Crippen molar-refractivity contribution in [3.63, 3.8) is 0 Å². The summed E-state index contributed by atoms with van der Waals surface area (Å²) in [5.74, 6) is 0.431. The molecule has 3 rings (SSSR count). The smallest absolute Gasteiger partial charge is 0.325 e. The van der Waals surface area contributed by atoms with Crippen LogP contribution in [0.4, 0.5) is 13.2 Å². The molecule has 1 aliphatic heterocycles. The summed E-state index contributed by atoms with van der Waals surface area (Å²) in [5.41, 5.74) is 2.07. The van der Waals surface area contributed by atoms with Crippen molar-refractivity contribution in [2.75, 3.05) is 6.54 Å². The summed E-state index contributed by atoms with van der Waals surface area (Å²) >= 11 is 0. The van der Waals surface area contributed by atoms with Crippen molar-refractivity contribution in [2.24, 2.45) is 0 Å². The quantitative estimate of drug-likeness (QED) is 0.947. The number of aromatic amines is 1. The zero-order chi connectivity index (χ0) is 16.0. The second kappa shape index (κ2) is 5.12. The summed E-state index contributed by atoms with van der Waals surface area (Å²) in [7, 11) is 0. The molecule has 0 saturated carbocycles. The van der Waals surface area contributed by atoms with E-state index in [9.17, 15) is 13.2 Å². The molecule has 2 aromatic rings. The van der Waals surface area contributed by atoms with Crippen LogP contribution in [0.1, 0.15) is 30.9 Å². The van der Waals surface area contributed by atoms with Crippen molar-refractivity contribution in [3.8, 4) is 0 Å². The van der Waals surface area contributed by atoms with Crippen LogP contribution in [-0.2, 0) is 25.0 Å². The molecule has 0 bridgehead atoms. The van der Waals surface area contributed by atoms with Crippen molar-refractivity contribution in [2.45, 2.75) is 45.1 Å². The number of fused-ring (bicyclic) bond motifs is 1. The van der Waals surface area contributed by atoms with E-state index in [-0.39, 0.29) is 5.41 Å².